The van der Waals surface area contributed by atoms with Crippen LogP contribution in [0.15, 0.2) is 4.52 Å². The molecule has 35 heavy (non-hydrogen) atoms. The van der Waals surface area contributed by atoms with E-state index in [1.165, 1.54) is 0 Å². The number of alkyl halides is 2. The minimum atomic E-state index is -3.01. The zero-order valence-electron chi connectivity index (χ0n) is 21.2. The fourth-order valence-electron chi connectivity index (χ4n) is 5.81. The van der Waals surface area contributed by atoms with Crippen LogP contribution in [0.5, 0.6) is 0 Å². The number of ether oxygens (including phenoxy) is 1. The second-order valence-electron chi connectivity index (χ2n) is 11.5. The first kappa shape index (κ1) is 24.9. The number of likely N-dealkylation sites (tertiary alicyclic amines) is 1. The van der Waals surface area contributed by atoms with Gasteiger partial charge in [0.25, 0.3) is 5.92 Å². The maximum atomic E-state index is 15.1. The number of halogens is 2. The lowest BCUT2D eigenvalue weighted by molar-refractivity contribution is -0.170. The molecule has 1 aromatic rings. The van der Waals surface area contributed by atoms with Crippen LogP contribution >= 0.6 is 0 Å². The van der Waals surface area contributed by atoms with Gasteiger partial charge in [0.1, 0.15) is 0 Å². The Kier molecular flexibility index (Phi) is 6.80. The Bertz CT molecular complexity index is 889. The van der Waals surface area contributed by atoms with Gasteiger partial charge in [-0.25, -0.2) is 13.6 Å². The van der Waals surface area contributed by atoms with Gasteiger partial charge in [-0.05, 0) is 52.4 Å². The summed E-state index contributed by atoms with van der Waals surface area (Å²) < 4.78 is 41.2. The standard InChI is InChI=1S/C25H39F2N5O3/c1-17(2)30-13-15-31(16-14-30)19-5-4-8-25(26,27)20(19)34-23(33)32-11-9-24(3,10-12-32)22-28-21(35-29-22)18-6-7-18/h17-20H,4-16H2,1-3H3/t19-,20+/m0/s1. The van der Waals surface area contributed by atoms with Crippen molar-refractivity contribution in [1.29, 1.82) is 0 Å². The molecule has 0 N–H and O–H groups in total. The fourth-order valence-corrected chi connectivity index (χ4v) is 5.81. The van der Waals surface area contributed by atoms with Crippen LogP contribution in [0.3, 0.4) is 0 Å². The highest BCUT2D eigenvalue weighted by Gasteiger charge is 2.52. The number of amides is 1. The van der Waals surface area contributed by atoms with E-state index in [0.717, 1.165) is 39.0 Å². The number of hydrogen-bond donors (Lipinski definition) is 0. The van der Waals surface area contributed by atoms with Crippen LogP contribution in [0.4, 0.5) is 13.6 Å². The summed E-state index contributed by atoms with van der Waals surface area (Å²) in [6.45, 7) is 10.4. The Hall–Kier alpha value is -1.81. The first-order chi connectivity index (χ1) is 16.7. The third kappa shape index (κ3) is 5.19. The van der Waals surface area contributed by atoms with E-state index in [2.05, 4.69) is 40.7 Å². The molecule has 1 amide bonds. The topological polar surface area (TPSA) is 74.9 Å². The van der Waals surface area contributed by atoms with Gasteiger partial charge in [-0.1, -0.05) is 12.1 Å². The van der Waals surface area contributed by atoms with Crippen molar-refractivity contribution in [2.24, 2.45) is 0 Å². The van der Waals surface area contributed by atoms with Crippen LogP contribution in [0.1, 0.15) is 83.3 Å². The third-order valence-electron chi connectivity index (χ3n) is 8.59. The van der Waals surface area contributed by atoms with Gasteiger partial charge in [0.15, 0.2) is 11.9 Å². The molecule has 3 heterocycles. The second kappa shape index (κ2) is 9.57. The van der Waals surface area contributed by atoms with E-state index in [1.807, 2.05) is 0 Å². The van der Waals surface area contributed by atoms with Crippen molar-refractivity contribution in [3.05, 3.63) is 11.7 Å². The van der Waals surface area contributed by atoms with Crippen molar-refractivity contribution >= 4 is 6.09 Å². The monoisotopic (exact) mass is 495 g/mol. The molecule has 2 aliphatic heterocycles. The van der Waals surface area contributed by atoms with Gasteiger partial charge in [-0.3, -0.25) is 9.80 Å². The second-order valence-corrected chi connectivity index (χ2v) is 11.5. The molecule has 0 radical (unpaired) electrons. The highest BCUT2D eigenvalue weighted by molar-refractivity contribution is 5.68. The van der Waals surface area contributed by atoms with Crippen molar-refractivity contribution < 1.29 is 22.8 Å². The molecule has 1 aromatic heterocycles. The van der Waals surface area contributed by atoms with Crippen molar-refractivity contribution in [3.63, 3.8) is 0 Å². The number of carbonyl (C=O) groups excluding carboxylic acids is 1. The molecule has 2 aliphatic carbocycles. The van der Waals surface area contributed by atoms with Crippen LogP contribution in [-0.4, -0.2) is 94.3 Å². The Morgan fingerprint density at radius 3 is 2.37 bits per heavy atom. The molecule has 2 saturated carbocycles. The average Bonchev–Trinajstić information content (AvgIpc) is 3.56. The summed E-state index contributed by atoms with van der Waals surface area (Å²) in [4.78, 5) is 23.7. The Balaban J connectivity index is 1.20. The fraction of sp³-hybridized carbons (Fsp3) is 0.880. The van der Waals surface area contributed by atoms with Gasteiger partial charge >= 0.3 is 6.09 Å². The lowest BCUT2D eigenvalue weighted by Gasteiger charge is -2.47. The normalized spacial score (nSPS) is 29.9. The predicted octanol–water partition coefficient (Wildman–Crippen LogP) is 4.02. The molecule has 4 aliphatic rings. The first-order valence-corrected chi connectivity index (χ1v) is 13.3. The highest BCUT2D eigenvalue weighted by Crippen LogP contribution is 2.42. The lowest BCUT2D eigenvalue weighted by Crippen LogP contribution is -2.61. The number of rotatable bonds is 5. The van der Waals surface area contributed by atoms with Crippen molar-refractivity contribution in [2.45, 2.75) is 101 Å². The summed E-state index contributed by atoms with van der Waals surface area (Å²) in [5.41, 5.74) is -0.291. The maximum absolute atomic E-state index is 15.1. The predicted molar refractivity (Wildman–Crippen MR) is 126 cm³/mol. The summed E-state index contributed by atoms with van der Waals surface area (Å²) in [6.07, 6.45) is 2.31. The van der Waals surface area contributed by atoms with E-state index in [0.29, 0.717) is 62.4 Å². The number of nitrogens with zero attached hydrogens (tertiary/aromatic N) is 5. The van der Waals surface area contributed by atoms with E-state index < -0.39 is 24.2 Å². The van der Waals surface area contributed by atoms with Gasteiger partial charge in [-0.2, -0.15) is 4.98 Å². The summed E-state index contributed by atoms with van der Waals surface area (Å²) in [5.74, 6) is -1.22. The molecule has 8 nitrogen and oxygen atoms in total. The quantitative estimate of drug-likeness (QED) is 0.611. The minimum absolute atomic E-state index is 0.230. The molecule has 5 rings (SSSR count). The van der Waals surface area contributed by atoms with Crippen molar-refractivity contribution in [1.82, 2.24) is 24.8 Å². The summed E-state index contributed by atoms with van der Waals surface area (Å²) in [7, 11) is 0. The summed E-state index contributed by atoms with van der Waals surface area (Å²) >= 11 is 0. The van der Waals surface area contributed by atoms with Crippen LogP contribution in [0.25, 0.3) is 0 Å². The average molecular weight is 496 g/mol. The first-order valence-electron chi connectivity index (χ1n) is 13.3. The van der Waals surface area contributed by atoms with Crippen molar-refractivity contribution in [3.8, 4) is 0 Å². The third-order valence-corrected chi connectivity index (χ3v) is 8.59. The van der Waals surface area contributed by atoms with Gasteiger partial charge in [0.2, 0.25) is 5.89 Å². The van der Waals surface area contributed by atoms with Gasteiger partial charge in [-0.15, -0.1) is 0 Å². The van der Waals surface area contributed by atoms with Crippen LogP contribution in [0.2, 0.25) is 0 Å². The largest absolute Gasteiger partial charge is 0.438 e. The number of piperidine rings is 1. The zero-order chi connectivity index (χ0) is 24.8. The molecule has 0 unspecified atom stereocenters. The molecule has 2 saturated heterocycles. The van der Waals surface area contributed by atoms with Crippen molar-refractivity contribution in [2.75, 3.05) is 39.3 Å². The molecule has 4 fully saturated rings. The van der Waals surface area contributed by atoms with Crippen LogP contribution in [-0.2, 0) is 10.2 Å². The van der Waals surface area contributed by atoms with Gasteiger partial charge in [0, 0.05) is 63.1 Å². The molecule has 2 atom stereocenters. The van der Waals surface area contributed by atoms with Crippen LogP contribution in [0, 0.1) is 0 Å². The van der Waals surface area contributed by atoms with Gasteiger partial charge < -0.3 is 14.2 Å². The van der Waals surface area contributed by atoms with E-state index in [-0.39, 0.29) is 11.8 Å². The van der Waals surface area contributed by atoms with Crippen LogP contribution < -0.4 is 0 Å². The molecule has 0 spiro atoms. The van der Waals surface area contributed by atoms with E-state index in [9.17, 15) is 4.79 Å². The number of carbonyl (C=O) groups is 1. The Labute approximate surface area is 206 Å². The molecule has 10 heteroatoms. The van der Waals surface area contributed by atoms with Gasteiger partial charge in [0.05, 0.1) is 6.04 Å². The Morgan fingerprint density at radius 2 is 1.74 bits per heavy atom. The zero-order valence-corrected chi connectivity index (χ0v) is 21.2. The SMILES string of the molecule is CC(C)N1CCN([C@H]2CCCC(F)(F)[C@@H]2OC(=O)N2CCC(C)(c3noc(C4CC4)n3)CC2)CC1. The van der Waals surface area contributed by atoms with E-state index in [1.54, 1.807) is 4.90 Å². The molecular weight excluding hydrogens is 456 g/mol. The summed E-state index contributed by atoms with van der Waals surface area (Å²) in [5, 5.41) is 4.20. The summed E-state index contributed by atoms with van der Waals surface area (Å²) in [6, 6.07) is 0.00310. The maximum Gasteiger partial charge on any atom is 0.410 e. The van der Waals surface area contributed by atoms with E-state index >= 15 is 8.78 Å². The molecular formula is C25H39F2N5O3. The van der Waals surface area contributed by atoms with E-state index in [4.69, 9.17) is 9.26 Å². The molecule has 196 valence electrons. The minimum Gasteiger partial charge on any atom is -0.438 e. The molecule has 0 bridgehead atoms. The lowest BCUT2D eigenvalue weighted by atomic mass is 9.80. The highest BCUT2D eigenvalue weighted by atomic mass is 19.3. The molecule has 0 aromatic carbocycles. The number of aromatic nitrogens is 2. The number of piperazine rings is 1. The number of hydrogen-bond acceptors (Lipinski definition) is 7. The Morgan fingerprint density at radius 1 is 1.06 bits per heavy atom. The smallest absolute Gasteiger partial charge is 0.410 e.